The van der Waals surface area contributed by atoms with Gasteiger partial charge in [0.15, 0.2) is 0 Å². The van der Waals surface area contributed by atoms with Crippen LogP contribution in [-0.4, -0.2) is 5.97 Å². The number of benzene rings is 2. The molecule has 0 aliphatic heterocycles. The molecule has 0 heterocycles. The number of carbonyl (C=O) groups is 1. The summed E-state index contributed by atoms with van der Waals surface area (Å²) in [7, 11) is 0. The van der Waals surface area contributed by atoms with Gasteiger partial charge < -0.3 is 4.74 Å². The first-order chi connectivity index (χ1) is 16.5. The van der Waals surface area contributed by atoms with Gasteiger partial charge in [-0.15, -0.1) is 0 Å². The topological polar surface area (TPSA) is 50.1 Å². The van der Waals surface area contributed by atoms with E-state index >= 15 is 0 Å². The van der Waals surface area contributed by atoms with Crippen molar-refractivity contribution in [1.29, 1.82) is 5.26 Å². The third kappa shape index (κ3) is 7.73. The molecule has 0 bridgehead atoms. The van der Waals surface area contributed by atoms with Crippen LogP contribution in [0.15, 0.2) is 42.5 Å². The number of ether oxygens (including phenoxy) is 1. The van der Waals surface area contributed by atoms with E-state index in [1.165, 1.54) is 63.4 Å². The van der Waals surface area contributed by atoms with Crippen molar-refractivity contribution in [2.45, 2.75) is 97.3 Å². The highest BCUT2D eigenvalue weighted by molar-refractivity contribution is 5.91. The lowest BCUT2D eigenvalue weighted by Gasteiger charge is -2.29. The fourth-order valence-corrected chi connectivity index (χ4v) is 5.07. The molecule has 0 spiro atoms. The molecule has 1 saturated carbocycles. The van der Waals surface area contributed by atoms with Crippen molar-refractivity contribution in [3.63, 3.8) is 0 Å². The zero-order chi connectivity index (χ0) is 24.3. The largest absolute Gasteiger partial charge is 0.422 e. The van der Waals surface area contributed by atoms with Crippen LogP contribution in [0.2, 0.25) is 0 Å². The molecule has 182 valence electrons. The fourth-order valence-electron chi connectivity index (χ4n) is 5.07. The molecule has 0 N–H and O–H groups in total. The second-order valence-electron chi connectivity index (χ2n) is 10.5. The molecular weight excluding hydrogens is 418 g/mol. The predicted octanol–water partition coefficient (Wildman–Crippen LogP) is 8.61. The Morgan fingerprint density at radius 1 is 1.03 bits per heavy atom. The van der Waals surface area contributed by atoms with Crippen LogP contribution in [0, 0.1) is 23.2 Å². The lowest BCUT2D eigenvalue weighted by molar-refractivity contribution is 0.0734. The van der Waals surface area contributed by atoms with Gasteiger partial charge in [-0.2, -0.15) is 5.26 Å². The standard InChI is InChI=1S/C31H41NO2/c1-4-5-6-7-8-25-13-20-30(29(21-25)22-32)34-31(33)28-18-16-27(17-19-28)26-14-11-24(12-15-26)10-9-23(2)3/h13,16-21,23-24,26H,4-12,14-15H2,1-3H3. The number of aryl methyl sites for hydroxylation is 1. The number of carbonyl (C=O) groups excluding carboxylic acids is 1. The van der Waals surface area contributed by atoms with Crippen molar-refractivity contribution >= 4 is 5.97 Å². The summed E-state index contributed by atoms with van der Waals surface area (Å²) in [5, 5.41) is 9.55. The summed E-state index contributed by atoms with van der Waals surface area (Å²) in [5.74, 6) is 2.20. The summed E-state index contributed by atoms with van der Waals surface area (Å²) >= 11 is 0. The second-order valence-corrected chi connectivity index (χ2v) is 10.5. The minimum Gasteiger partial charge on any atom is -0.422 e. The van der Waals surface area contributed by atoms with E-state index in [-0.39, 0.29) is 0 Å². The van der Waals surface area contributed by atoms with Crippen molar-refractivity contribution in [3.05, 3.63) is 64.7 Å². The fraction of sp³-hybridized carbons (Fsp3) is 0.548. The minimum absolute atomic E-state index is 0.341. The van der Waals surface area contributed by atoms with Crippen molar-refractivity contribution in [2.75, 3.05) is 0 Å². The first kappa shape index (κ1) is 26.0. The number of esters is 1. The molecule has 1 aliphatic rings. The molecular formula is C31H41NO2. The Balaban J connectivity index is 1.54. The maximum Gasteiger partial charge on any atom is 0.343 e. The monoisotopic (exact) mass is 459 g/mol. The highest BCUT2D eigenvalue weighted by atomic mass is 16.5. The van der Waals surface area contributed by atoms with Gasteiger partial charge >= 0.3 is 5.97 Å². The van der Waals surface area contributed by atoms with E-state index in [1.807, 2.05) is 24.3 Å². The van der Waals surface area contributed by atoms with Gasteiger partial charge in [0.2, 0.25) is 0 Å². The average molecular weight is 460 g/mol. The molecule has 34 heavy (non-hydrogen) atoms. The van der Waals surface area contributed by atoms with Crippen LogP contribution in [-0.2, 0) is 6.42 Å². The molecule has 0 atom stereocenters. The lowest BCUT2D eigenvalue weighted by Crippen LogP contribution is -2.14. The molecule has 0 unspecified atom stereocenters. The quantitative estimate of drug-likeness (QED) is 0.192. The molecule has 2 aromatic carbocycles. The highest BCUT2D eigenvalue weighted by Crippen LogP contribution is 2.38. The Morgan fingerprint density at radius 2 is 1.76 bits per heavy atom. The van der Waals surface area contributed by atoms with Crippen molar-refractivity contribution in [1.82, 2.24) is 0 Å². The second kappa shape index (κ2) is 13.3. The van der Waals surface area contributed by atoms with Gasteiger partial charge in [-0.3, -0.25) is 0 Å². The molecule has 0 aromatic heterocycles. The van der Waals surface area contributed by atoms with Crippen LogP contribution in [0.1, 0.15) is 118 Å². The zero-order valence-corrected chi connectivity index (χ0v) is 21.3. The van der Waals surface area contributed by atoms with Crippen LogP contribution >= 0.6 is 0 Å². The van der Waals surface area contributed by atoms with Crippen LogP contribution in [0.5, 0.6) is 5.75 Å². The number of nitriles is 1. The molecule has 0 amide bonds. The van der Waals surface area contributed by atoms with Crippen LogP contribution in [0.3, 0.4) is 0 Å². The summed E-state index contributed by atoms with van der Waals surface area (Å²) in [6, 6.07) is 15.7. The highest BCUT2D eigenvalue weighted by Gasteiger charge is 2.23. The van der Waals surface area contributed by atoms with Crippen molar-refractivity contribution in [3.8, 4) is 11.8 Å². The summed E-state index contributed by atoms with van der Waals surface area (Å²) in [6.45, 7) is 6.82. The normalized spacial score (nSPS) is 18.0. The van der Waals surface area contributed by atoms with E-state index in [2.05, 4.69) is 39.0 Å². The van der Waals surface area contributed by atoms with Crippen LogP contribution in [0.25, 0.3) is 0 Å². The number of hydrogen-bond acceptors (Lipinski definition) is 3. The van der Waals surface area contributed by atoms with Gasteiger partial charge in [0.05, 0.1) is 11.1 Å². The van der Waals surface area contributed by atoms with Gasteiger partial charge in [0, 0.05) is 0 Å². The maximum absolute atomic E-state index is 12.7. The molecule has 3 rings (SSSR count). The number of rotatable bonds is 11. The first-order valence-electron chi connectivity index (χ1n) is 13.3. The van der Waals surface area contributed by atoms with Crippen molar-refractivity contribution < 1.29 is 9.53 Å². The van der Waals surface area contributed by atoms with Gasteiger partial charge in [-0.25, -0.2) is 4.79 Å². The van der Waals surface area contributed by atoms with Gasteiger partial charge in [0.1, 0.15) is 11.8 Å². The van der Waals surface area contributed by atoms with E-state index in [0.29, 0.717) is 22.8 Å². The number of unbranched alkanes of at least 4 members (excludes halogenated alkanes) is 3. The summed E-state index contributed by atoms with van der Waals surface area (Å²) in [4.78, 5) is 12.7. The summed E-state index contributed by atoms with van der Waals surface area (Å²) in [6.07, 6.45) is 13.5. The smallest absolute Gasteiger partial charge is 0.343 e. The average Bonchev–Trinajstić information content (AvgIpc) is 2.86. The first-order valence-corrected chi connectivity index (χ1v) is 13.3. The molecule has 3 heteroatoms. The Morgan fingerprint density at radius 3 is 2.41 bits per heavy atom. The molecule has 0 radical (unpaired) electrons. The summed E-state index contributed by atoms with van der Waals surface area (Å²) < 4.78 is 5.60. The van der Waals surface area contributed by atoms with E-state index in [0.717, 1.165) is 30.2 Å². The molecule has 1 aliphatic carbocycles. The van der Waals surface area contributed by atoms with E-state index in [4.69, 9.17) is 4.74 Å². The van der Waals surface area contributed by atoms with E-state index < -0.39 is 5.97 Å². The van der Waals surface area contributed by atoms with Gasteiger partial charge in [-0.05, 0) is 91.7 Å². The van der Waals surface area contributed by atoms with Crippen molar-refractivity contribution in [2.24, 2.45) is 11.8 Å². The molecule has 3 nitrogen and oxygen atoms in total. The molecule has 2 aromatic rings. The van der Waals surface area contributed by atoms with Gasteiger partial charge in [-0.1, -0.05) is 71.1 Å². The lowest BCUT2D eigenvalue weighted by atomic mass is 9.76. The molecule has 1 fully saturated rings. The Kier molecular flexibility index (Phi) is 10.2. The van der Waals surface area contributed by atoms with E-state index in [9.17, 15) is 10.1 Å². The Bertz CT molecular complexity index is 946. The third-order valence-corrected chi connectivity index (χ3v) is 7.30. The Hall–Kier alpha value is -2.60. The predicted molar refractivity (Wildman–Crippen MR) is 139 cm³/mol. The number of nitrogens with zero attached hydrogens (tertiary/aromatic N) is 1. The minimum atomic E-state index is -0.406. The van der Waals surface area contributed by atoms with E-state index in [1.54, 1.807) is 6.07 Å². The molecule has 0 saturated heterocycles. The summed E-state index contributed by atoms with van der Waals surface area (Å²) in [5.41, 5.74) is 3.40. The maximum atomic E-state index is 12.7. The third-order valence-electron chi connectivity index (χ3n) is 7.30. The van der Waals surface area contributed by atoms with Crippen LogP contribution < -0.4 is 4.74 Å². The SMILES string of the molecule is CCCCCCc1ccc(OC(=O)c2ccc(C3CCC(CCC(C)C)CC3)cc2)c(C#N)c1. The zero-order valence-electron chi connectivity index (χ0n) is 21.3. The Labute approximate surface area is 206 Å². The van der Waals surface area contributed by atoms with Crippen LogP contribution in [0.4, 0.5) is 0 Å². The van der Waals surface area contributed by atoms with Gasteiger partial charge in [0.25, 0.3) is 0 Å². The number of hydrogen-bond donors (Lipinski definition) is 0.